The molecule has 7 nitrogen and oxygen atoms in total. The first-order valence-electron chi connectivity index (χ1n) is 15.1. The molecule has 0 bridgehead atoms. The highest BCUT2D eigenvalue weighted by Gasteiger charge is 2.27. The molecule has 2 N–H and O–H groups in total. The van der Waals surface area contributed by atoms with Crippen molar-refractivity contribution in [2.24, 2.45) is 0 Å². The van der Waals surface area contributed by atoms with Gasteiger partial charge in [-0.1, -0.05) is 67.2 Å². The standard InChI is InChI=1S/C36H36N6O/c1-24(25-8-4-3-5-9-25)32-21-29-22-38-36(39-30-14-12-26(13-15-30)27-16-18-37-19-17-27)40-34(29)42(35(32)43)31-20-28-10-6-7-11-33(28)41(2)23-31/h3-15,21-22,27,31,37H,1,16-20,23H2,2H3,(H,38,39,40). The largest absolute Gasteiger partial charge is 0.372 e. The minimum Gasteiger partial charge on any atom is -0.372 e. The molecular formula is C36H36N6O. The molecule has 1 unspecified atom stereocenters. The van der Waals surface area contributed by atoms with Crippen molar-refractivity contribution in [3.05, 3.63) is 130 Å². The fraction of sp³-hybridized carbons (Fsp3) is 0.250. The van der Waals surface area contributed by atoms with Crippen LogP contribution in [-0.4, -0.2) is 41.2 Å². The monoisotopic (exact) mass is 568 g/mol. The molecule has 0 amide bonds. The Morgan fingerprint density at radius 1 is 0.977 bits per heavy atom. The molecule has 7 rings (SSSR count). The van der Waals surface area contributed by atoms with Crippen LogP contribution in [0.2, 0.25) is 0 Å². The number of pyridine rings is 1. The number of anilines is 3. The zero-order valence-corrected chi connectivity index (χ0v) is 24.5. The number of aromatic nitrogens is 3. The zero-order chi connectivity index (χ0) is 29.3. The molecule has 0 spiro atoms. The van der Waals surface area contributed by atoms with E-state index in [-0.39, 0.29) is 11.6 Å². The van der Waals surface area contributed by atoms with E-state index in [2.05, 4.69) is 82.7 Å². The summed E-state index contributed by atoms with van der Waals surface area (Å²) in [4.78, 5) is 26.2. The molecule has 7 heteroatoms. The highest BCUT2D eigenvalue weighted by molar-refractivity contribution is 5.85. The summed E-state index contributed by atoms with van der Waals surface area (Å²) in [5, 5.41) is 7.63. The van der Waals surface area contributed by atoms with Crippen LogP contribution in [0.1, 0.15) is 47.1 Å². The lowest BCUT2D eigenvalue weighted by molar-refractivity contribution is 0.460. The summed E-state index contributed by atoms with van der Waals surface area (Å²) in [5.41, 5.74) is 7.43. The van der Waals surface area contributed by atoms with Gasteiger partial charge in [0.15, 0.2) is 0 Å². The van der Waals surface area contributed by atoms with Gasteiger partial charge in [0, 0.05) is 42.1 Å². The summed E-state index contributed by atoms with van der Waals surface area (Å²) in [7, 11) is 2.08. The number of piperidine rings is 1. The second-order valence-electron chi connectivity index (χ2n) is 11.7. The van der Waals surface area contributed by atoms with Gasteiger partial charge in [-0.15, -0.1) is 0 Å². The molecule has 43 heavy (non-hydrogen) atoms. The first-order valence-corrected chi connectivity index (χ1v) is 15.1. The van der Waals surface area contributed by atoms with E-state index in [1.165, 1.54) is 16.8 Å². The first kappa shape index (κ1) is 27.1. The van der Waals surface area contributed by atoms with Crippen molar-refractivity contribution in [1.29, 1.82) is 0 Å². The van der Waals surface area contributed by atoms with Crippen molar-refractivity contribution < 1.29 is 0 Å². The van der Waals surface area contributed by atoms with Crippen molar-refractivity contribution in [2.75, 3.05) is 36.9 Å². The number of benzene rings is 3. The van der Waals surface area contributed by atoms with Crippen LogP contribution in [0.4, 0.5) is 17.3 Å². The van der Waals surface area contributed by atoms with Gasteiger partial charge in [-0.25, -0.2) is 4.98 Å². The summed E-state index contributed by atoms with van der Waals surface area (Å²) in [5.74, 6) is 1.06. The molecule has 216 valence electrons. The van der Waals surface area contributed by atoms with Crippen LogP contribution < -0.4 is 21.1 Å². The Morgan fingerprint density at radius 2 is 1.72 bits per heavy atom. The minimum absolute atomic E-state index is 0.0879. The molecule has 1 saturated heterocycles. The maximum atomic E-state index is 14.4. The molecule has 0 aliphatic carbocycles. The predicted octanol–water partition coefficient (Wildman–Crippen LogP) is 6.30. The summed E-state index contributed by atoms with van der Waals surface area (Å²) < 4.78 is 1.87. The second-order valence-corrected chi connectivity index (χ2v) is 11.7. The van der Waals surface area contributed by atoms with E-state index in [4.69, 9.17) is 4.98 Å². The van der Waals surface area contributed by atoms with Gasteiger partial charge in [0.1, 0.15) is 5.65 Å². The van der Waals surface area contributed by atoms with E-state index in [1.807, 2.05) is 47.2 Å². The van der Waals surface area contributed by atoms with Crippen LogP contribution in [-0.2, 0) is 6.42 Å². The SMILES string of the molecule is C=C(c1ccccc1)c1cc2cnc(Nc3ccc(C4CCNCC4)cc3)nc2n(C2Cc3ccccc3N(C)C2)c1=O. The van der Waals surface area contributed by atoms with Gasteiger partial charge in [0.2, 0.25) is 5.95 Å². The van der Waals surface area contributed by atoms with Crippen LogP contribution in [0.15, 0.2) is 102 Å². The van der Waals surface area contributed by atoms with Crippen LogP contribution in [0.5, 0.6) is 0 Å². The highest BCUT2D eigenvalue weighted by atomic mass is 16.1. The molecule has 2 aliphatic heterocycles. The smallest absolute Gasteiger partial charge is 0.260 e. The summed E-state index contributed by atoms with van der Waals surface area (Å²) in [6.07, 6.45) is 4.88. The van der Waals surface area contributed by atoms with Crippen molar-refractivity contribution >= 4 is 33.9 Å². The lowest BCUT2D eigenvalue weighted by atomic mass is 9.90. The van der Waals surface area contributed by atoms with Crippen LogP contribution in [0.25, 0.3) is 16.6 Å². The zero-order valence-electron chi connectivity index (χ0n) is 24.5. The van der Waals surface area contributed by atoms with E-state index in [1.54, 1.807) is 0 Å². The van der Waals surface area contributed by atoms with Gasteiger partial charge in [0.05, 0.1) is 6.04 Å². The number of nitrogens with one attached hydrogen (secondary N) is 2. The first-order chi connectivity index (χ1) is 21.0. The fourth-order valence-electron chi connectivity index (χ4n) is 6.61. The minimum atomic E-state index is -0.106. The van der Waals surface area contributed by atoms with Gasteiger partial charge < -0.3 is 15.5 Å². The number of nitrogens with zero attached hydrogens (tertiary/aromatic N) is 4. The topological polar surface area (TPSA) is 75.1 Å². The highest BCUT2D eigenvalue weighted by Crippen LogP contribution is 2.33. The molecule has 0 saturated carbocycles. The average molecular weight is 569 g/mol. The summed E-state index contributed by atoms with van der Waals surface area (Å²) in [6.45, 7) is 7.17. The van der Waals surface area contributed by atoms with E-state index in [9.17, 15) is 4.79 Å². The Hall–Kier alpha value is -4.75. The van der Waals surface area contributed by atoms with Crippen LogP contribution in [0.3, 0.4) is 0 Å². The maximum absolute atomic E-state index is 14.4. The Labute approximate surface area is 251 Å². The van der Waals surface area contributed by atoms with Gasteiger partial charge in [-0.2, -0.15) is 4.98 Å². The molecule has 1 atom stereocenters. The Morgan fingerprint density at radius 3 is 2.51 bits per heavy atom. The van der Waals surface area contributed by atoms with Gasteiger partial charge >= 0.3 is 0 Å². The fourth-order valence-corrected chi connectivity index (χ4v) is 6.61. The van der Waals surface area contributed by atoms with E-state index < -0.39 is 0 Å². The van der Waals surface area contributed by atoms with E-state index >= 15 is 0 Å². The second kappa shape index (κ2) is 11.5. The number of likely N-dealkylation sites (N-methyl/N-ethyl adjacent to an activating group) is 1. The summed E-state index contributed by atoms with van der Waals surface area (Å²) in [6, 6.07) is 28.7. The number of hydrogen-bond donors (Lipinski definition) is 2. The lowest BCUT2D eigenvalue weighted by Gasteiger charge is -2.35. The molecule has 1 fully saturated rings. The number of para-hydroxylation sites is 1. The average Bonchev–Trinajstić information content (AvgIpc) is 3.05. The third-order valence-corrected chi connectivity index (χ3v) is 8.91. The quantitative estimate of drug-likeness (QED) is 0.251. The van der Waals surface area contributed by atoms with E-state index in [0.29, 0.717) is 35.2 Å². The lowest BCUT2D eigenvalue weighted by Crippen LogP contribution is -2.39. The van der Waals surface area contributed by atoms with Crippen LogP contribution >= 0.6 is 0 Å². The van der Waals surface area contributed by atoms with Crippen LogP contribution in [0, 0.1) is 0 Å². The molecule has 0 radical (unpaired) electrons. The Kier molecular flexibility index (Phi) is 7.25. The van der Waals surface area contributed by atoms with Gasteiger partial charge in [-0.05, 0) is 84.8 Å². The molecule has 4 heterocycles. The third-order valence-electron chi connectivity index (χ3n) is 8.91. The summed E-state index contributed by atoms with van der Waals surface area (Å²) >= 11 is 0. The number of fused-ring (bicyclic) bond motifs is 2. The van der Waals surface area contributed by atoms with Gasteiger partial charge in [-0.3, -0.25) is 9.36 Å². The Bertz CT molecular complexity index is 1840. The number of rotatable bonds is 6. The molecule has 5 aromatic rings. The van der Waals surface area contributed by atoms with Crippen molar-refractivity contribution in [2.45, 2.75) is 31.2 Å². The molecular weight excluding hydrogens is 532 g/mol. The normalized spacial score (nSPS) is 17.0. The van der Waals surface area contributed by atoms with Crippen molar-refractivity contribution in [3.63, 3.8) is 0 Å². The van der Waals surface area contributed by atoms with Crippen molar-refractivity contribution in [1.82, 2.24) is 19.9 Å². The molecule has 3 aromatic carbocycles. The number of hydrogen-bond acceptors (Lipinski definition) is 6. The predicted molar refractivity (Wildman–Crippen MR) is 175 cm³/mol. The molecule has 2 aromatic heterocycles. The molecule has 2 aliphatic rings. The van der Waals surface area contributed by atoms with Crippen molar-refractivity contribution in [3.8, 4) is 0 Å². The van der Waals surface area contributed by atoms with E-state index in [0.717, 1.165) is 49.0 Å². The third kappa shape index (κ3) is 5.32. The Balaban J connectivity index is 1.29. The maximum Gasteiger partial charge on any atom is 0.260 e. The van der Waals surface area contributed by atoms with Gasteiger partial charge in [0.25, 0.3) is 5.56 Å².